The van der Waals surface area contributed by atoms with Crippen LogP contribution in [-0.4, -0.2) is 23.1 Å². The first-order valence-electron chi connectivity index (χ1n) is 1.93. The zero-order valence-electron chi connectivity index (χ0n) is 4.50. The molecule has 0 spiro atoms. The molecule has 0 aliphatic carbocycles. The third-order valence-corrected chi connectivity index (χ3v) is 1.35. The Morgan fingerprint density at radius 2 is 1.89 bits per heavy atom. The van der Waals surface area contributed by atoms with E-state index in [0.717, 1.165) is 5.75 Å². The number of thioether (sulfide) groups is 1. The summed E-state index contributed by atoms with van der Waals surface area (Å²) in [7, 11) is 0. The summed E-state index contributed by atoms with van der Waals surface area (Å²) in [6, 6.07) is 0. The van der Waals surface area contributed by atoms with Crippen molar-refractivity contribution in [2.24, 2.45) is 0 Å². The van der Waals surface area contributed by atoms with E-state index >= 15 is 0 Å². The second-order valence-corrected chi connectivity index (χ2v) is 2.03. The summed E-state index contributed by atoms with van der Waals surface area (Å²) < 4.78 is 0. The smallest absolute Gasteiger partial charge is 0.0157 e. The molecule has 1 rings (SSSR count). The average Bonchev–Trinajstić information content (AvgIpc) is 1.72. The second kappa shape index (κ2) is 11.8. The largest absolute Gasteiger partial charge is 0.130 e. The fraction of sp³-hybridized carbons (Fsp3) is 0.333. The van der Waals surface area contributed by atoms with Crippen LogP contribution in [0.1, 0.15) is 7.43 Å². The van der Waals surface area contributed by atoms with E-state index in [2.05, 4.69) is 17.6 Å². The van der Waals surface area contributed by atoms with Crippen molar-refractivity contribution >= 4 is 29.1 Å². The van der Waals surface area contributed by atoms with Gasteiger partial charge >= 0.3 is 0 Å². The standard InChI is InChI=1S/C5H6S.CH4.Al.Ti/c1-2-4-6-5-3-1;;;/h1-4H,5H2;1H4;;. The molecule has 47 valence electrons. The predicted octanol–water partition coefficient (Wildman–Crippen LogP) is 2.06. The first-order chi connectivity index (χ1) is 3.00. The van der Waals surface area contributed by atoms with Gasteiger partial charge in [-0.05, 0) is 5.41 Å². The molecule has 0 saturated carbocycles. The van der Waals surface area contributed by atoms with Crippen molar-refractivity contribution in [3.63, 3.8) is 0 Å². The van der Waals surface area contributed by atoms with Gasteiger partial charge in [-0.1, -0.05) is 25.7 Å². The third kappa shape index (κ3) is 9.08. The van der Waals surface area contributed by atoms with Crippen molar-refractivity contribution in [3.8, 4) is 0 Å². The van der Waals surface area contributed by atoms with Crippen molar-refractivity contribution in [3.05, 3.63) is 23.6 Å². The van der Waals surface area contributed by atoms with Crippen molar-refractivity contribution in [1.82, 2.24) is 0 Å². The zero-order chi connectivity index (χ0) is 4.24. The SMILES string of the molecule is C.C1=CCSC=C1.[Al].[Ti]. The summed E-state index contributed by atoms with van der Waals surface area (Å²) in [6.45, 7) is 0. The maximum atomic E-state index is 2.14. The summed E-state index contributed by atoms with van der Waals surface area (Å²) in [5.74, 6) is 1.15. The van der Waals surface area contributed by atoms with E-state index in [1.54, 1.807) is 0 Å². The topological polar surface area (TPSA) is 0 Å². The van der Waals surface area contributed by atoms with E-state index in [1.807, 2.05) is 17.8 Å². The van der Waals surface area contributed by atoms with E-state index in [1.165, 1.54) is 0 Å². The van der Waals surface area contributed by atoms with Gasteiger partial charge in [-0.15, -0.1) is 11.8 Å². The Kier molecular flexibility index (Phi) is 21.8. The monoisotopic (exact) mass is 189 g/mol. The number of hydrogen-bond donors (Lipinski definition) is 0. The minimum absolute atomic E-state index is 0. The Morgan fingerprint density at radius 3 is 2.00 bits per heavy atom. The molecule has 0 aromatic heterocycles. The first kappa shape index (κ1) is 16.6. The molecule has 1 aliphatic heterocycles. The molecule has 9 heavy (non-hydrogen) atoms. The van der Waals surface area contributed by atoms with Gasteiger partial charge in [0.2, 0.25) is 0 Å². The zero-order valence-corrected chi connectivity index (χ0v) is 8.03. The molecule has 0 unspecified atom stereocenters. The van der Waals surface area contributed by atoms with Crippen molar-refractivity contribution in [1.29, 1.82) is 0 Å². The van der Waals surface area contributed by atoms with Crippen LogP contribution in [0.25, 0.3) is 0 Å². The summed E-state index contributed by atoms with van der Waals surface area (Å²) in [4.78, 5) is 0. The van der Waals surface area contributed by atoms with E-state index in [-0.39, 0.29) is 46.5 Å². The molecule has 0 saturated heterocycles. The van der Waals surface area contributed by atoms with E-state index in [4.69, 9.17) is 0 Å². The van der Waals surface area contributed by atoms with Crippen LogP contribution in [0.4, 0.5) is 0 Å². The summed E-state index contributed by atoms with van der Waals surface area (Å²) in [5.41, 5.74) is 0. The molecule has 1 aliphatic rings. The van der Waals surface area contributed by atoms with Gasteiger partial charge in [-0.2, -0.15) is 0 Å². The Balaban J connectivity index is -0.000000120. The predicted molar refractivity (Wildman–Crippen MR) is 43.2 cm³/mol. The maximum Gasteiger partial charge on any atom is 0.0157 e. The molecule has 0 fully saturated rings. The number of allylic oxidation sites excluding steroid dienone is 2. The molecule has 1 heterocycles. The van der Waals surface area contributed by atoms with Crippen LogP contribution in [-0.2, 0) is 21.7 Å². The van der Waals surface area contributed by atoms with Gasteiger partial charge < -0.3 is 0 Å². The van der Waals surface area contributed by atoms with Gasteiger partial charge in [0.1, 0.15) is 0 Å². The molecule has 0 atom stereocenters. The summed E-state index contributed by atoms with van der Waals surface area (Å²) in [6.07, 6.45) is 6.26. The van der Waals surface area contributed by atoms with Crippen molar-refractivity contribution in [2.45, 2.75) is 7.43 Å². The molecule has 3 radical (unpaired) electrons. The molecule has 0 N–H and O–H groups in total. The van der Waals surface area contributed by atoms with E-state index < -0.39 is 0 Å². The number of rotatable bonds is 0. The van der Waals surface area contributed by atoms with Gasteiger partial charge in [0.15, 0.2) is 0 Å². The van der Waals surface area contributed by atoms with Crippen LogP contribution in [0.5, 0.6) is 0 Å². The second-order valence-electron chi connectivity index (χ2n) is 1.09. The average molecular weight is 189 g/mol. The van der Waals surface area contributed by atoms with Gasteiger partial charge in [0.05, 0.1) is 0 Å². The van der Waals surface area contributed by atoms with Crippen molar-refractivity contribution < 1.29 is 21.7 Å². The minimum atomic E-state index is 0. The summed E-state index contributed by atoms with van der Waals surface area (Å²) in [5, 5.41) is 2.10. The first-order valence-corrected chi connectivity index (χ1v) is 2.98. The van der Waals surface area contributed by atoms with Crippen LogP contribution in [0.3, 0.4) is 0 Å². The molecule has 3 heteroatoms. The molecular weight excluding hydrogens is 179 g/mol. The van der Waals surface area contributed by atoms with Gasteiger partial charge in [-0.25, -0.2) is 0 Å². The van der Waals surface area contributed by atoms with E-state index in [9.17, 15) is 0 Å². The van der Waals surface area contributed by atoms with E-state index in [0.29, 0.717) is 0 Å². The maximum absolute atomic E-state index is 2.14. The van der Waals surface area contributed by atoms with Crippen LogP contribution < -0.4 is 0 Å². The molecule has 0 bridgehead atoms. The van der Waals surface area contributed by atoms with Crippen LogP contribution >= 0.6 is 11.8 Å². The molecule has 0 aromatic carbocycles. The number of hydrogen-bond acceptors (Lipinski definition) is 1. The molecular formula is C6H10AlSTi. The van der Waals surface area contributed by atoms with Crippen LogP contribution in [0, 0.1) is 0 Å². The quantitative estimate of drug-likeness (QED) is 0.525. The van der Waals surface area contributed by atoms with Crippen LogP contribution in [0.15, 0.2) is 23.6 Å². The van der Waals surface area contributed by atoms with Crippen LogP contribution in [0.2, 0.25) is 0 Å². The molecule has 0 nitrogen and oxygen atoms in total. The Bertz CT molecular complexity index is 79.1. The van der Waals surface area contributed by atoms with Crippen molar-refractivity contribution in [2.75, 3.05) is 5.75 Å². The van der Waals surface area contributed by atoms with Gasteiger partial charge in [-0.3, -0.25) is 0 Å². The fourth-order valence-electron chi connectivity index (χ4n) is 0.346. The van der Waals surface area contributed by atoms with Gasteiger partial charge in [0, 0.05) is 44.8 Å². The third-order valence-electron chi connectivity index (χ3n) is 0.614. The summed E-state index contributed by atoms with van der Waals surface area (Å²) >= 11 is 1.83. The van der Waals surface area contributed by atoms with Gasteiger partial charge in [0.25, 0.3) is 0 Å². The minimum Gasteiger partial charge on any atom is -0.130 e. The Morgan fingerprint density at radius 1 is 1.22 bits per heavy atom. The fourth-order valence-corrected chi connectivity index (χ4v) is 0.881. The normalized spacial score (nSPS) is 12.4. The molecule has 0 amide bonds. The Labute approximate surface area is 87.2 Å². The Hall–Kier alpha value is 1.08. The molecule has 0 aromatic rings.